The van der Waals surface area contributed by atoms with Gasteiger partial charge in [0.15, 0.2) is 0 Å². The number of anilines is 1. The second-order valence-corrected chi connectivity index (χ2v) is 6.42. The van der Waals surface area contributed by atoms with Gasteiger partial charge in [-0.15, -0.1) is 11.3 Å². The molecule has 3 rings (SSSR count). The highest BCUT2D eigenvalue weighted by Gasteiger charge is 2.18. The first-order valence-electron chi connectivity index (χ1n) is 6.83. The van der Waals surface area contributed by atoms with Crippen molar-refractivity contribution in [1.29, 1.82) is 0 Å². The van der Waals surface area contributed by atoms with Gasteiger partial charge in [-0.2, -0.15) is 0 Å². The standard InChI is InChI=1S/C14H18ClN3OS/c1-9(6-10-7-19-5-4-16-10)18-13-11(15)2-3-12-14(13)17-8-20-12/h2-3,8-10,16,18H,4-7H2,1H3. The Morgan fingerprint density at radius 2 is 2.50 bits per heavy atom. The lowest BCUT2D eigenvalue weighted by molar-refractivity contribution is 0.0731. The first-order chi connectivity index (χ1) is 9.74. The molecule has 2 unspecified atom stereocenters. The third kappa shape index (κ3) is 3.06. The minimum atomic E-state index is 0.305. The van der Waals surface area contributed by atoms with Gasteiger partial charge in [-0.05, 0) is 25.5 Å². The molecule has 0 radical (unpaired) electrons. The van der Waals surface area contributed by atoms with Crippen LogP contribution >= 0.6 is 22.9 Å². The number of morpholine rings is 1. The van der Waals surface area contributed by atoms with Gasteiger partial charge in [0.05, 0.1) is 34.1 Å². The van der Waals surface area contributed by atoms with Crippen molar-refractivity contribution in [2.75, 3.05) is 25.1 Å². The second-order valence-electron chi connectivity index (χ2n) is 5.13. The van der Waals surface area contributed by atoms with Crippen molar-refractivity contribution in [3.63, 3.8) is 0 Å². The molecule has 1 aromatic carbocycles. The molecule has 108 valence electrons. The van der Waals surface area contributed by atoms with Gasteiger partial charge in [0.25, 0.3) is 0 Å². The van der Waals surface area contributed by atoms with E-state index in [1.165, 1.54) is 0 Å². The Bertz CT molecular complexity index is 583. The fourth-order valence-electron chi connectivity index (χ4n) is 2.55. The molecule has 0 amide bonds. The number of thiazole rings is 1. The molecule has 0 spiro atoms. The summed E-state index contributed by atoms with van der Waals surface area (Å²) < 4.78 is 6.64. The Morgan fingerprint density at radius 1 is 1.60 bits per heavy atom. The molecule has 1 aliphatic rings. The molecule has 20 heavy (non-hydrogen) atoms. The van der Waals surface area contributed by atoms with Crippen LogP contribution in [0.5, 0.6) is 0 Å². The van der Waals surface area contributed by atoms with E-state index in [0.29, 0.717) is 12.1 Å². The van der Waals surface area contributed by atoms with E-state index < -0.39 is 0 Å². The van der Waals surface area contributed by atoms with Crippen LogP contribution in [0.25, 0.3) is 10.2 Å². The Labute approximate surface area is 127 Å². The summed E-state index contributed by atoms with van der Waals surface area (Å²) in [6, 6.07) is 4.65. The second kappa shape index (κ2) is 6.26. The quantitative estimate of drug-likeness (QED) is 0.910. The van der Waals surface area contributed by atoms with Gasteiger partial charge < -0.3 is 15.4 Å². The molecule has 1 aromatic heterocycles. The maximum absolute atomic E-state index is 6.31. The summed E-state index contributed by atoms with van der Waals surface area (Å²) in [5.41, 5.74) is 3.75. The van der Waals surface area contributed by atoms with Crippen molar-refractivity contribution in [2.45, 2.75) is 25.4 Å². The predicted molar refractivity (Wildman–Crippen MR) is 84.9 cm³/mol. The van der Waals surface area contributed by atoms with Crippen LogP contribution in [-0.4, -0.2) is 36.8 Å². The molecule has 4 nitrogen and oxygen atoms in total. The van der Waals surface area contributed by atoms with E-state index in [1.54, 1.807) is 11.3 Å². The van der Waals surface area contributed by atoms with Crippen molar-refractivity contribution in [3.8, 4) is 0 Å². The number of aromatic nitrogens is 1. The molecular formula is C14H18ClN3OS. The van der Waals surface area contributed by atoms with E-state index in [2.05, 4.69) is 22.5 Å². The molecule has 6 heteroatoms. The van der Waals surface area contributed by atoms with Gasteiger partial charge >= 0.3 is 0 Å². The lowest BCUT2D eigenvalue weighted by atomic mass is 10.1. The lowest BCUT2D eigenvalue weighted by Crippen LogP contribution is -2.43. The van der Waals surface area contributed by atoms with E-state index in [4.69, 9.17) is 16.3 Å². The summed E-state index contributed by atoms with van der Waals surface area (Å²) in [5.74, 6) is 0. The minimum absolute atomic E-state index is 0.305. The summed E-state index contributed by atoms with van der Waals surface area (Å²) in [5, 5.41) is 7.70. The van der Waals surface area contributed by atoms with Gasteiger partial charge in [0.1, 0.15) is 5.52 Å². The van der Waals surface area contributed by atoms with Crippen molar-refractivity contribution in [1.82, 2.24) is 10.3 Å². The number of hydrogen-bond acceptors (Lipinski definition) is 5. The highest BCUT2D eigenvalue weighted by Crippen LogP contribution is 2.33. The normalized spacial score (nSPS) is 21.0. The van der Waals surface area contributed by atoms with Gasteiger partial charge in [-0.1, -0.05) is 11.6 Å². The van der Waals surface area contributed by atoms with E-state index in [-0.39, 0.29) is 0 Å². The highest BCUT2D eigenvalue weighted by atomic mass is 35.5. The summed E-state index contributed by atoms with van der Waals surface area (Å²) >= 11 is 7.94. The van der Waals surface area contributed by atoms with E-state index >= 15 is 0 Å². The molecular weight excluding hydrogens is 294 g/mol. The predicted octanol–water partition coefficient (Wildman–Crippen LogP) is 3.13. The lowest BCUT2D eigenvalue weighted by Gasteiger charge is -2.27. The Morgan fingerprint density at radius 3 is 3.30 bits per heavy atom. The fourth-order valence-corrected chi connectivity index (χ4v) is 3.44. The van der Waals surface area contributed by atoms with Crippen LogP contribution in [0.2, 0.25) is 5.02 Å². The van der Waals surface area contributed by atoms with Gasteiger partial charge in [-0.3, -0.25) is 0 Å². The Hall–Kier alpha value is -0.880. The molecule has 2 N–H and O–H groups in total. The van der Waals surface area contributed by atoms with E-state index in [1.807, 2.05) is 17.6 Å². The van der Waals surface area contributed by atoms with Crippen LogP contribution in [-0.2, 0) is 4.74 Å². The zero-order valence-corrected chi connectivity index (χ0v) is 12.9. The average molecular weight is 312 g/mol. The molecule has 1 aliphatic heterocycles. The molecule has 2 atom stereocenters. The smallest absolute Gasteiger partial charge is 0.106 e. The van der Waals surface area contributed by atoms with Gasteiger partial charge in [0, 0.05) is 18.6 Å². The van der Waals surface area contributed by atoms with E-state index in [0.717, 1.165) is 47.1 Å². The van der Waals surface area contributed by atoms with Crippen molar-refractivity contribution in [3.05, 3.63) is 22.7 Å². The van der Waals surface area contributed by atoms with Crippen LogP contribution in [0.15, 0.2) is 17.6 Å². The van der Waals surface area contributed by atoms with Crippen LogP contribution in [0, 0.1) is 0 Å². The van der Waals surface area contributed by atoms with Crippen LogP contribution in [0.4, 0.5) is 5.69 Å². The van der Waals surface area contributed by atoms with Gasteiger partial charge in [-0.25, -0.2) is 4.98 Å². The van der Waals surface area contributed by atoms with Crippen molar-refractivity contribution in [2.24, 2.45) is 0 Å². The summed E-state index contributed by atoms with van der Waals surface area (Å²) in [6.07, 6.45) is 0.997. The average Bonchev–Trinajstić information content (AvgIpc) is 2.92. The molecule has 0 saturated carbocycles. The van der Waals surface area contributed by atoms with Crippen LogP contribution in [0.1, 0.15) is 13.3 Å². The first kappa shape index (κ1) is 14.1. The molecule has 2 heterocycles. The Kier molecular flexibility index (Phi) is 4.41. The number of hydrogen-bond donors (Lipinski definition) is 2. The monoisotopic (exact) mass is 311 g/mol. The fraction of sp³-hybridized carbons (Fsp3) is 0.500. The zero-order chi connectivity index (χ0) is 13.9. The summed E-state index contributed by atoms with van der Waals surface area (Å²) in [4.78, 5) is 4.41. The van der Waals surface area contributed by atoms with Crippen LogP contribution < -0.4 is 10.6 Å². The Balaban J connectivity index is 1.71. The third-order valence-electron chi connectivity index (χ3n) is 3.48. The molecule has 1 fully saturated rings. The summed E-state index contributed by atoms with van der Waals surface area (Å²) in [7, 11) is 0. The minimum Gasteiger partial charge on any atom is -0.380 e. The van der Waals surface area contributed by atoms with Gasteiger partial charge in [0.2, 0.25) is 0 Å². The number of benzene rings is 1. The topological polar surface area (TPSA) is 46.2 Å². The third-order valence-corrected chi connectivity index (χ3v) is 4.59. The largest absolute Gasteiger partial charge is 0.380 e. The molecule has 0 bridgehead atoms. The van der Waals surface area contributed by atoms with Crippen molar-refractivity contribution >= 4 is 38.8 Å². The van der Waals surface area contributed by atoms with E-state index in [9.17, 15) is 0 Å². The number of nitrogens with one attached hydrogen (secondary N) is 2. The molecule has 2 aromatic rings. The zero-order valence-electron chi connectivity index (χ0n) is 11.4. The van der Waals surface area contributed by atoms with Crippen LogP contribution in [0.3, 0.4) is 0 Å². The summed E-state index contributed by atoms with van der Waals surface area (Å²) in [6.45, 7) is 4.68. The number of halogens is 1. The SMILES string of the molecule is CC(CC1COCCN1)Nc1c(Cl)ccc2scnc12. The maximum atomic E-state index is 6.31. The number of ether oxygens (including phenoxy) is 1. The first-order valence-corrected chi connectivity index (χ1v) is 8.09. The molecule has 0 aliphatic carbocycles. The highest BCUT2D eigenvalue weighted by molar-refractivity contribution is 7.16. The number of rotatable bonds is 4. The number of fused-ring (bicyclic) bond motifs is 1. The van der Waals surface area contributed by atoms with Crippen molar-refractivity contribution < 1.29 is 4.74 Å². The number of nitrogens with zero attached hydrogens (tertiary/aromatic N) is 1. The molecule has 1 saturated heterocycles. The maximum Gasteiger partial charge on any atom is 0.106 e.